The zero-order valence-electron chi connectivity index (χ0n) is 15.8. The predicted molar refractivity (Wildman–Crippen MR) is 120 cm³/mol. The van der Waals surface area contributed by atoms with Crippen molar-refractivity contribution in [1.82, 2.24) is 20.4 Å². The fraction of sp³-hybridized carbons (Fsp3) is 0.625. The van der Waals surface area contributed by atoms with Crippen LogP contribution in [0.25, 0.3) is 0 Å². The third-order valence-electron chi connectivity index (χ3n) is 3.80. The largest absolute Gasteiger partial charge is 0.300 e. The van der Waals surface area contributed by atoms with Gasteiger partial charge in [-0.15, -0.1) is 20.4 Å². The number of carbonyl (C=O) groups is 2. The second-order valence-corrected chi connectivity index (χ2v) is 9.56. The summed E-state index contributed by atoms with van der Waals surface area (Å²) in [5.74, 6) is 1.46. The van der Waals surface area contributed by atoms with Gasteiger partial charge in [0.1, 0.15) is 10.5 Å². The van der Waals surface area contributed by atoms with E-state index in [2.05, 4.69) is 31.0 Å². The van der Waals surface area contributed by atoms with Crippen LogP contribution in [0.3, 0.4) is 0 Å². The highest BCUT2D eigenvalue weighted by Crippen LogP contribution is 2.35. The van der Waals surface area contributed by atoms with Crippen molar-refractivity contribution in [3.05, 3.63) is 10.5 Å². The summed E-state index contributed by atoms with van der Waals surface area (Å²) in [5, 5.41) is 23.2. The average Bonchev–Trinajstić information content (AvgIpc) is 3.35. The smallest absolute Gasteiger partial charge is 0.236 e. The van der Waals surface area contributed by atoms with Crippen molar-refractivity contribution in [3.63, 3.8) is 0 Å². The molecule has 3 rings (SSSR count). The van der Waals surface area contributed by atoms with Crippen LogP contribution in [-0.2, 0) is 9.59 Å². The topological polar surface area (TPSA) is 110 Å². The molecule has 0 bridgehead atoms. The van der Waals surface area contributed by atoms with Gasteiger partial charge in [0.25, 0.3) is 0 Å². The van der Waals surface area contributed by atoms with E-state index in [4.69, 9.17) is 0 Å². The summed E-state index contributed by atoms with van der Waals surface area (Å²) in [6.45, 7) is 0. The summed E-state index contributed by atoms with van der Waals surface area (Å²) in [6, 6.07) is 0. The molecule has 2 amide bonds. The molecule has 1 aliphatic carbocycles. The standard InChI is InChI=1S/C11H17N3OS2.C5H7N3OS2/c1-16-7-9(15)12-11-14-13-10(17-11)8-5-3-2-4-6-8;1-10-2-4(9)7-5-8-6-3-11-5/h8H,2-7H2,1H3,(H,12,14,15);3H,2H2,1H3,(H,7,8,9). The van der Waals surface area contributed by atoms with Gasteiger partial charge in [-0.05, 0) is 25.4 Å². The molecule has 2 aromatic rings. The minimum absolute atomic E-state index is 0.00356. The second-order valence-electron chi connectivity index (χ2n) is 5.99. The first-order chi connectivity index (χ1) is 13.6. The van der Waals surface area contributed by atoms with E-state index in [0.717, 1.165) is 5.01 Å². The molecule has 12 heteroatoms. The highest BCUT2D eigenvalue weighted by atomic mass is 32.2. The van der Waals surface area contributed by atoms with Crippen molar-refractivity contribution in [2.75, 3.05) is 34.7 Å². The van der Waals surface area contributed by atoms with E-state index in [0.29, 0.717) is 27.7 Å². The third-order valence-corrected chi connectivity index (χ3v) is 6.51. The molecule has 1 aliphatic rings. The van der Waals surface area contributed by atoms with E-state index in [1.54, 1.807) is 5.51 Å². The summed E-state index contributed by atoms with van der Waals surface area (Å²) < 4.78 is 0. The molecule has 0 spiro atoms. The summed E-state index contributed by atoms with van der Waals surface area (Å²) >= 11 is 5.83. The van der Waals surface area contributed by atoms with E-state index >= 15 is 0 Å². The molecule has 0 saturated heterocycles. The number of amides is 2. The molecule has 0 aromatic carbocycles. The molecule has 0 atom stereocenters. The molecular weight excluding hydrogens is 436 g/mol. The molecule has 0 radical (unpaired) electrons. The SMILES string of the molecule is CSCC(=O)Nc1nnc(C2CCCCC2)s1.CSCC(=O)Nc1nncs1. The number of rotatable bonds is 7. The van der Waals surface area contributed by atoms with Crippen molar-refractivity contribution >= 4 is 68.3 Å². The number of nitrogens with one attached hydrogen (secondary N) is 2. The Morgan fingerprint density at radius 2 is 1.64 bits per heavy atom. The van der Waals surface area contributed by atoms with E-state index in [1.165, 1.54) is 78.3 Å². The Bertz CT molecular complexity index is 719. The lowest BCUT2D eigenvalue weighted by Crippen LogP contribution is -2.13. The molecule has 2 heterocycles. The van der Waals surface area contributed by atoms with Gasteiger partial charge in [0.2, 0.25) is 22.1 Å². The van der Waals surface area contributed by atoms with Gasteiger partial charge >= 0.3 is 0 Å². The number of carbonyl (C=O) groups excluding carboxylic acids is 2. The molecule has 0 aliphatic heterocycles. The Morgan fingerprint density at radius 3 is 2.21 bits per heavy atom. The first-order valence-electron chi connectivity index (χ1n) is 8.79. The summed E-state index contributed by atoms with van der Waals surface area (Å²) in [4.78, 5) is 22.3. The lowest BCUT2D eigenvalue weighted by molar-refractivity contribution is -0.114. The van der Waals surface area contributed by atoms with Crippen LogP contribution < -0.4 is 10.6 Å². The molecule has 8 nitrogen and oxygen atoms in total. The van der Waals surface area contributed by atoms with Gasteiger partial charge in [-0.2, -0.15) is 23.5 Å². The zero-order chi connectivity index (χ0) is 20.2. The number of thioether (sulfide) groups is 2. The van der Waals surface area contributed by atoms with Crippen LogP contribution in [0, 0.1) is 0 Å². The van der Waals surface area contributed by atoms with Crippen LogP contribution in [0.1, 0.15) is 43.0 Å². The molecule has 0 unspecified atom stereocenters. The normalized spacial score (nSPS) is 14.1. The lowest BCUT2D eigenvalue weighted by atomic mass is 9.90. The Kier molecular flexibility index (Phi) is 10.8. The fourth-order valence-corrected chi connectivity index (χ4v) is 4.66. The zero-order valence-corrected chi connectivity index (χ0v) is 19.1. The molecule has 2 aromatic heterocycles. The van der Waals surface area contributed by atoms with E-state index in [9.17, 15) is 9.59 Å². The van der Waals surface area contributed by atoms with Crippen LogP contribution in [0.5, 0.6) is 0 Å². The maximum absolute atomic E-state index is 11.4. The molecule has 1 fully saturated rings. The monoisotopic (exact) mass is 460 g/mol. The summed E-state index contributed by atoms with van der Waals surface area (Å²) in [5.41, 5.74) is 1.58. The minimum atomic E-state index is -0.0331. The Morgan fingerprint density at radius 1 is 1.00 bits per heavy atom. The Balaban J connectivity index is 0.000000221. The van der Waals surface area contributed by atoms with Gasteiger partial charge in [-0.1, -0.05) is 41.9 Å². The number of hydrogen-bond acceptors (Lipinski definition) is 10. The maximum Gasteiger partial charge on any atom is 0.236 e. The maximum atomic E-state index is 11.4. The van der Waals surface area contributed by atoms with Crippen molar-refractivity contribution in [3.8, 4) is 0 Å². The average molecular weight is 461 g/mol. The van der Waals surface area contributed by atoms with Gasteiger partial charge in [-0.3, -0.25) is 20.2 Å². The molecular formula is C16H24N6O2S4. The van der Waals surface area contributed by atoms with Crippen LogP contribution in [0.4, 0.5) is 10.3 Å². The van der Waals surface area contributed by atoms with Crippen LogP contribution in [0.2, 0.25) is 0 Å². The number of anilines is 2. The van der Waals surface area contributed by atoms with Gasteiger partial charge in [0, 0.05) is 5.92 Å². The van der Waals surface area contributed by atoms with Crippen LogP contribution in [-0.4, -0.2) is 56.2 Å². The summed E-state index contributed by atoms with van der Waals surface area (Å²) in [6.07, 6.45) is 10.1. The van der Waals surface area contributed by atoms with Gasteiger partial charge in [0.05, 0.1) is 11.5 Å². The fourth-order valence-electron chi connectivity index (χ4n) is 2.60. The Labute approximate surface area is 181 Å². The van der Waals surface area contributed by atoms with E-state index in [-0.39, 0.29) is 11.8 Å². The molecule has 154 valence electrons. The van der Waals surface area contributed by atoms with Gasteiger partial charge in [-0.25, -0.2) is 0 Å². The Hall–Kier alpha value is -1.24. The predicted octanol–water partition coefficient (Wildman–Crippen LogP) is 3.73. The second kappa shape index (κ2) is 13.1. The number of hydrogen-bond donors (Lipinski definition) is 2. The molecule has 2 N–H and O–H groups in total. The highest BCUT2D eigenvalue weighted by molar-refractivity contribution is 7.99. The number of nitrogens with zero attached hydrogens (tertiary/aromatic N) is 4. The van der Waals surface area contributed by atoms with Crippen LogP contribution >= 0.6 is 46.2 Å². The minimum Gasteiger partial charge on any atom is -0.300 e. The van der Waals surface area contributed by atoms with E-state index < -0.39 is 0 Å². The van der Waals surface area contributed by atoms with Gasteiger partial charge in [0.15, 0.2) is 0 Å². The quantitative estimate of drug-likeness (QED) is 0.643. The van der Waals surface area contributed by atoms with Crippen molar-refractivity contribution < 1.29 is 9.59 Å². The molecule has 28 heavy (non-hydrogen) atoms. The van der Waals surface area contributed by atoms with Crippen LogP contribution in [0.15, 0.2) is 5.51 Å². The van der Waals surface area contributed by atoms with Crippen molar-refractivity contribution in [1.29, 1.82) is 0 Å². The number of aromatic nitrogens is 4. The molecule has 1 saturated carbocycles. The summed E-state index contributed by atoms with van der Waals surface area (Å²) in [7, 11) is 0. The van der Waals surface area contributed by atoms with Crippen molar-refractivity contribution in [2.45, 2.75) is 38.0 Å². The third kappa shape index (κ3) is 8.41. The van der Waals surface area contributed by atoms with Crippen molar-refractivity contribution in [2.24, 2.45) is 0 Å². The highest BCUT2D eigenvalue weighted by Gasteiger charge is 2.20. The first kappa shape index (κ1) is 23.0. The van der Waals surface area contributed by atoms with Gasteiger partial charge < -0.3 is 0 Å². The first-order valence-corrected chi connectivity index (χ1v) is 13.3. The lowest BCUT2D eigenvalue weighted by Gasteiger charge is -2.18. The van der Waals surface area contributed by atoms with E-state index in [1.807, 2.05) is 12.5 Å².